The van der Waals surface area contributed by atoms with Crippen LogP contribution in [0.1, 0.15) is 57.4 Å². The molecule has 1 aromatic carbocycles. The van der Waals surface area contributed by atoms with E-state index in [1.807, 2.05) is 6.92 Å². The Balaban J connectivity index is 2.96. The lowest BCUT2D eigenvalue weighted by molar-refractivity contribution is -0.423. The van der Waals surface area contributed by atoms with Gasteiger partial charge in [0, 0.05) is 11.6 Å². The molecule has 0 aliphatic rings. The second-order valence-corrected chi connectivity index (χ2v) is 4.89. The third-order valence-electron chi connectivity index (χ3n) is 3.34. The lowest BCUT2D eigenvalue weighted by Gasteiger charge is -2.11. The van der Waals surface area contributed by atoms with Crippen LogP contribution in [-0.4, -0.2) is 9.85 Å². The highest BCUT2D eigenvalue weighted by Gasteiger charge is 2.30. The number of nitro groups is 2. The van der Waals surface area contributed by atoms with Gasteiger partial charge in [-0.15, -0.1) is 0 Å². The fourth-order valence-electron chi connectivity index (χ4n) is 2.23. The van der Waals surface area contributed by atoms with E-state index in [9.17, 15) is 20.2 Å². The molecule has 0 amide bonds. The van der Waals surface area contributed by atoms with E-state index in [0.717, 1.165) is 38.2 Å². The van der Waals surface area contributed by atoms with Crippen LogP contribution in [0.15, 0.2) is 12.1 Å². The first-order chi connectivity index (χ1) is 9.49. The predicted molar refractivity (Wildman–Crippen MR) is 75.8 cm³/mol. The summed E-state index contributed by atoms with van der Waals surface area (Å²) in [6, 6.07) is 5.33. The number of unbranched alkanes of at least 4 members (excludes halogenated alkanes) is 3. The van der Waals surface area contributed by atoms with Crippen LogP contribution in [0.25, 0.3) is 0 Å². The van der Waals surface area contributed by atoms with E-state index in [1.165, 1.54) is 6.07 Å². The Labute approximate surface area is 118 Å². The average molecular weight is 279 g/mol. The van der Waals surface area contributed by atoms with E-state index < -0.39 is 21.2 Å². The molecule has 0 aromatic heterocycles. The molecule has 0 aliphatic carbocycles. The highest BCUT2D eigenvalue weighted by molar-refractivity contribution is 5.58. The van der Waals surface area contributed by atoms with Crippen LogP contribution in [-0.2, 0) is 0 Å². The zero-order valence-electron chi connectivity index (χ0n) is 11.8. The minimum Gasteiger partial charge on any atom is -0.258 e. The summed E-state index contributed by atoms with van der Waals surface area (Å²) in [5.74, 6) is -0.104. The molecule has 0 saturated heterocycles. The van der Waals surface area contributed by atoms with Crippen molar-refractivity contribution in [2.75, 3.05) is 0 Å². The SMILES string of the molecule is CCCCCCC(C)c1[c]ccc([N+](=O)[O-])c1[N+](=O)[O-]. The molecular weight excluding hydrogens is 260 g/mol. The van der Waals surface area contributed by atoms with E-state index in [0.29, 0.717) is 5.56 Å². The third kappa shape index (κ3) is 4.01. The van der Waals surface area contributed by atoms with Gasteiger partial charge in [-0.25, -0.2) is 0 Å². The summed E-state index contributed by atoms with van der Waals surface area (Å²) >= 11 is 0. The molecule has 20 heavy (non-hydrogen) atoms. The van der Waals surface area contributed by atoms with Crippen molar-refractivity contribution < 1.29 is 9.85 Å². The summed E-state index contributed by atoms with van der Waals surface area (Å²) < 4.78 is 0. The number of hydrogen-bond acceptors (Lipinski definition) is 4. The van der Waals surface area contributed by atoms with Crippen molar-refractivity contribution in [1.29, 1.82) is 0 Å². The van der Waals surface area contributed by atoms with Gasteiger partial charge in [-0.05, 0) is 24.5 Å². The Morgan fingerprint density at radius 2 is 1.90 bits per heavy atom. The molecular formula is C14H19N2O4. The van der Waals surface area contributed by atoms with E-state index in [4.69, 9.17) is 0 Å². The number of hydrogen-bond donors (Lipinski definition) is 0. The van der Waals surface area contributed by atoms with E-state index >= 15 is 0 Å². The number of rotatable bonds is 8. The third-order valence-corrected chi connectivity index (χ3v) is 3.34. The van der Waals surface area contributed by atoms with Gasteiger partial charge in [-0.2, -0.15) is 0 Å². The fourth-order valence-corrected chi connectivity index (χ4v) is 2.23. The minimum absolute atomic E-state index is 0.104. The van der Waals surface area contributed by atoms with Gasteiger partial charge in [-0.3, -0.25) is 20.2 Å². The molecule has 0 saturated carbocycles. The van der Waals surface area contributed by atoms with E-state index in [-0.39, 0.29) is 5.92 Å². The Bertz CT molecular complexity index is 488. The molecule has 6 heteroatoms. The molecule has 6 nitrogen and oxygen atoms in total. The molecule has 0 N–H and O–H groups in total. The standard InChI is InChI=1S/C14H19N2O4/c1-3-4-5-6-8-11(2)12-9-7-10-13(15(17)18)14(12)16(19)20/h7,10-11H,3-6,8H2,1-2H3. The summed E-state index contributed by atoms with van der Waals surface area (Å²) in [6.45, 7) is 3.97. The zero-order valence-corrected chi connectivity index (χ0v) is 11.8. The molecule has 0 spiro atoms. The Morgan fingerprint density at radius 1 is 1.20 bits per heavy atom. The highest BCUT2D eigenvalue weighted by Crippen LogP contribution is 2.36. The van der Waals surface area contributed by atoms with Gasteiger partial charge in [0.15, 0.2) is 0 Å². The maximum absolute atomic E-state index is 11.1. The van der Waals surface area contributed by atoms with Crippen molar-refractivity contribution in [3.05, 3.63) is 44.0 Å². The number of benzene rings is 1. The quantitative estimate of drug-likeness (QED) is 0.401. The van der Waals surface area contributed by atoms with Gasteiger partial charge >= 0.3 is 11.4 Å². The molecule has 1 rings (SSSR count). The first-order valence-electron chi connectivity index (χ1n) is 6.82. The average Bonchev–Trinajstić information content (AvgIpc) is 2.42. The van der Waals surface area contributed by atoms with Crippen LogP contribution >= 0.6 is 0 Å². The maximum atomic E-state index is 11.1. The largest absolute Gasteiger partial charge is 0.350 e. The van der Waals surface area contributed by atoms with Gasteiger partial charge < -0.3 is 0 Å². The first kappa shape index (κ1) is 16.1. The van der Waals surface area contributed by atoms with Crippen LogP contribution < -0.4 is 0 Å². The highest BCUT2D eigenvalue weighted by atomic mass is 16.6. The van der Waals surface area contributed by atoms with Crippen LogP contribution in [0.2, 0.25) is 0 Å². The molecule has 0 fully saturated rings. The van der Waals surface area contributed by atoms with Crippen molar-refractivity contribution in [3.63, 3.8) is 0 Å². The molecule has 0 heterocycles. The number of nitrogens with zero attached hydrogens (tertiary/aromatic N) is 2. The van der Waals surface area contributed by atoms with Crippen molar-refractivity contribution >= 4 is 11.4 Å². The van der Waals surface area contributed by atoms with Crippen molar-refractivity contribution in [1.82, 2.24) is 0 Å². The van der Waals surface area contributed by atoms with Gasteiger partial charge in [0.05, 0.1) is 9.85 Å². The Kier molecular flexibility index (Phi) is 6.09. The second-order valence-electron chi connectivity index (χ2n) is 4.89. The van der Waals surface area contributed by atoms with E-state index in [1.54, 1.807) is 0 Å². The van der Waals surface area contributed by atoms with Crippen LogP contribution in [0.4, 0.5) is 11.4 Å². The molecule has 1 unspecified atom stereocenters. The van der Waals surface area contributed by atoms with Crippen LogP contribution in [0.3, 0.4) is 0 Å². The molecule has 1 aromatic rings. The topological polar surface area (TPSA) is 86.3 Å². The van der Waals surface area contributed by atoms with Crippen LogP contribution in [0.5, 0.6) is 0 Å². The van der Waals surface area contributed by atoms with E-state index in [2.05, 4.69) is 13.0 Å². The fraction of sp³-hybridized carbons (Fsp3) is 0.571. The minimum atomic E-state index is -0.709. The maximum Gasteiger partial charge on any atom is 0.350 e. The number of nitro benzene ring substituents is 2. The van der Waals surface area contributed by atoms with Gasteiger partial charge in [-0.1, -0.05) is 39.5 Å². The summed E-state index contributed by atoms with van der Waals surface area (Å²) in [4.78, 5) is 20.6. The smallest absolute Gasteiger partial charge is 0.258 e. The predicted octanol–water partition coefficient (Wildman–Crippen LogP) is 4.38. The monoisotopic (exact) mass is 279 g/mol. The summed E-state index contributed by atoms with van der Waals surface area (Å²) in [7, 11) is 0. The van der Waals surface area contributed by atoms with Crippen molar-refractivity contribution in [3.8, 4) is 0 Å². The van der Waals surface area contributed by atoms with Gasteiger partial charge in [0.25, 0.3) is 0 Å². The Hall–Kier alpha value is -1.98. The molecule has 0 bridgehead atoms. The first-order valence-corrected chi connectivity index (χ1v) is 6.82. The van der Waals surface area contributed by atoms with Crippen molar-refractivity contribution in [2.24, 2.45) is 0 Å². The summed E-state index contributed by atoms with van der Waals surface area (Å²) in [6.07, 6.45) is 5.07. The lowest BCUT2D eigenvalue weighted by atomic mass is 9.93. The molecule has 1 atom stereocenters. The second kappa shape index (κ2) is 7.57. The van der Waals surface area contributed by atoms with Gasteiger partial charge in [0.1, 0.15) is 0 Å². The van der Waals surface area contributed by atoms with Crippen molar-refractivity contribution in [2.45, 2.75) is 51.9 Å². The van der Waals surface area contributed by atoms with Gasteiger partial charge in [0.2, 0.25) is 0 Å². The molecule has 1 radical (unpaired) electrons. The Morgan fingerprint density at radius 3 is 2.45 bits per heavy atom. The summed E-state index contributed by atoms with van der Waals surface area (Å²) in [5.41, 5.74) is -0.537. The summed E-state index contributed by atoms with van der Waals surface area (Å²) in [5, 5.41) is 22.0. The van der Waals surface area contributed by atoms with Crippen LogP contribution in [0, 0.1) is 26.3 Å². The normalized spacial score (nSPS) is 12.1. The zero-order chi connectivity index (χ0) is 15.1. The molecule has 0 aliphatic heterocycles. The lowest BCUT2D eigenvalue weighted by Crippen LogP contribution is -2.04. The molecule has 109 valence electrons.